The van der Waals surface area contributed by atoms with Crippen molar-refractivity contribution in [3.05, 3.63) is 60.8 Å². The highest BCUT2D eigenvalue weighted by Gasteiger charge is 2.05. The molecule has 0 aliphatic heterocycles. The summed E-state index contributed by atoms with van der Waals surface area (Å²) in [5.41, 5.74) is 7.67. The van der Waals surface area contributed by atoms with Gasteiger partial charge in [0.2, 0.25) is 0 Å². The Morgan fingerprint density at radius 3 is 2.69 bits per heavy atom. The van der Waals surface area contributed by atoms with Crippen LogP contribution in [0.5, 0.6) is 11.5 Å². The van der Waals surface area contributed by atoms with Crippen LogP contribution in [0, 0.1) is 0 Å². The number of aliphatic imine (C=N–C) groups is 1. The van der Waals surface area contributed by atoms with Crippen LogP contribution in [0.1, 0.15) is 5.56 Å². The molecule has 0 unspecified atom stereocenters. The summed E-state index contributed by atoms with van der Waals surface area (Å²) in [7, 11) is 3.17. The number of pyridine rings is 1. The number of imidazole rings is 1. The molecule has 0 amide bonds. The van der Waals surface area contributed by atoms with E-state index in [1.165, 1.54) is 0 Å². The van der Waals surface area contributed by atoms with Crippen molar-refractivity contribution in [3.63, 3.8) is 0 Å². The minimum atomic E-state index is 0.302. The number of hydrogen-bond acceptors (Lipinski definition) is 5. The molecule has 0 fully saturated rings. The van der Waals surface area contributed by atoms with Gasteiger partial charge in [-0.25, -0.2) is 15.0 Å². The van der Waals surface area contributed by atoms with Crippen LogP contribution < -0.4 is 20.5 Å². The lowest BCUT2D eigenvalue weighted by atomic mass is 10.2. The number of rotatable bonds is 6. The predicted octanol–water partition coefficient (Wildman–Crippen LogP) is 2.21. The van der Waals surface area contributed by atoms with Gasteiger partial charge in [-0.1, -0.05) is 6.07 Å². The predicted molar refractivity (Wildman–Crippen MR) is 99.9 cm³/mol. The average molecular weight is 352 g/mol. The Hall–Kier alpha value is -3.55. The van der Waals surface area contributed by atoms with Crippen molar-refractivity contribution in [1.82, 2.24) is 14.5 Å². The van der Waals surface area contributed by atoms with E-state index in [0.29, 0.717) is 24.0 Å². The van der Waals surface area contributed by atoms with Gasteiger partial charge in [-0.2, -0.15) is 0 Å². The van der Waals surface area contributed by atoms with Gasteiger partial charge in [-0.15, -0.1) is 0 Å². The summed E-state index contributed by atoms with van der Waals surface area (Å²) in [5, 5.41) is 3.03. The number of benzene rings is 1. The molecule has 0 saturated carbocycles. The van der Waals surface area contributed by atoms with E-state index in [9.17, 15) is 0 Å². The molecule has 0 atom stereocenters. The van der Waals surface area contributed by atoms with Crippen LogP contribution in [-0.4, -0.2) is 34.7 Å². The molecular weight excluding hydrogens is 332 g/mol. The highest BCUT2D eigenvalue weighted by Crippen LogP contribution is 2.29. The normalized spacial score (nSPS) is 11.2. The van der Waals surface area contributed by atoms with Crippen LogP contribution >= 0.6 is 0 Å². The first-order chi connectivity index (χ1) is 12.7. The molecule has 0 aliphatic carbocycles. The van der Waals surface area contributed by atoms with Gasteiger partial charge in [-0.05, 0) is 23.8 Å². The molecule has 1 aromatic carbocycles. The minimum Gasteiger partial charge on any atom is -0.493 e. The van der Waals surface area contributed by atoms with E-state index in [2.05, 4.69) is 20.3 Å². The second kappa shape index (κ2) is 8.02. The van der Waals surface area contributed by atoms with Gasteiger partial charge in [0.15, 0.2) is 17.5 Å². The smallest absolute Gasteiger partial charge is 0.193 e. The lowest BCUT2D eigenvalue weighted by Gasteiger charge is -2.11. The molecule has 0 bridgehead atoms. The minimum absolute atomic E-state index is 0.302. The lowest BCUT2D eigenvalue weighted by molar-refractivity contribution is 0.355. The van der Waals surface area contributed by atoms with Crippen molar-refractivity contribution in [3.8, 4) is 17.3 Å². The Labute approximate surface area is 151 Å². The van der Waals surface area contributed by atoms with Gasteiger partial charge >= 0.3 is 0 Å². The molecule has 2 aromatic heterocycles. The first-order valence-electron chi connectivity index (χ1n) is 7.92. The summed E-state index contributed by atoms with van der Waals surface area (Å²) in [6.45, 7) is 0.420. The third-order valence-electron chi connectivity index (χ3n) is 3.67. The van der Waals surface area contributed by atoms with Crippen LogP contribution in [0.4, 0.5) is 5.69 Å². The van der Waals surface area contributed by atoms with Gasteiger partial charge in [-0.3, -0.25) is 4.57 Å². The summed E-state index contributed by atoms with van der Waals surface area (Å²) in [5.74, 6) is 2.37. The first kappa shape index (κ1) is 17.3. The maximum absolute atomic E-state index is 5.96. The second-order valence-electron chi connectivity index (χ2n) is 5.39. The topological polar surface area (TPSA) is 99.6 Å². The summed E-state index contributed by atoms with van der Waals surface area (Å²) in [6, 6.07) is 9.29. The van der Waals surface area contributed by atoms with Crippen molar-refractivity contribution in [2.24, 2.45) is 10.7 Å². The van der Waals surface area contributed by atoms with Gasteiger partial charge in [0.25, 0.3) is 0 Å². The zero-order valence-electron chi connectivity index (χ0n) is 14.6. The van der Waals surface area contributed by atoms with Crippen LogP contribution in [0.15, 0.2) is 60.2 Å². The number of nitrogens with zero attached hydrogens (tertiary/aromatic N) is 4. The summed E-state index contributed by atoms with van der Waals surface area (Å²) >= 11 is 0. The van der Waals surface area contributed by atoms with Gasteiger partial charge < -0.3 is 20.5 Å². The molecule has 8 nitrogen and oxygen atoms in total. The highest BCUT2D eigenvalue weighted by molar-refractivity contribution is 5.92. The van der Waals surface area contributed by atoms with Crippen molar-refractivity contribution < 1.29 is 9.47 Å². The zero-order chi connectivity index (χ0) is 18.4. The molecule has 0 saturated heterocycles. The molecule has 8 heteroatoms. The monoisotopic (exact) mass is 352 g/mol. The van der Waals surface area contributed by atoms with Crippen molar-refractivity contribution >= 4 is 11.6 Å². The largest absolute Gasteiger partial charge is 0.493 e. The lowest BCUT2D eigenvalue weighted by Crippen LogP contribution is -2.22. The third kappa shape index (κ3) is 4.10. The number of ether oxygens (including phenoxy) is 2. The Kier molecular flexibility index (Phi) is 5.33. The average Bonchev–Trinajstić information content (AvgIpc) is 3.21. The van der Waals surface area contributed by atoms with Gasteiger partial charge in [0, 0.05) is 30.3 Å². The molecule has 3 N–H and O–H groups in total. The Morgan fingerprint density at radius 2 is 2.04 bits per heavy atom. The molecular formula is C18H20N6O2. The SMILES string of the molecule is COc1ccc(NC(N)=NCc2ccc(-n3ccnc3)nc2)cc1OC. The zero-order valence-corrected chi connectivity index (χ0v) is 14.6. The number of guanidine groups is 1. The number of hydrogen-bond donors (Lipinski definition) is 2. The quantitative estimate of drug-likeness (QED) is 0.521. The Morgan fingerprint density at radius 1 is 1.19 bits per heavy atom. The van der Waals surface area contributed by atoms with Crippen molar-refractivity contribution in [2.75, 3.05) is 19.5 Å². The summed E-state index contributed by atoms with van der Waals surface area (Å²) < 4.78 is 12.3. The molecule has 26 heavy (non-hydrogen) atoms. The standard InChI is InChI=1S/C18H20N6O2/c1-25-15-5-4-14(9-16(15)26-2)23-18(19)22-11-13-3-6-17(21-10-13)24-8-7-20-12-24/h3-10,12H,11H2,1-2H3,(H3,19,22,23). The molecule has 3 aromatic rings. The summed E-state index contributed by atoms with van der Waals surface area (Å²) in [4.78, 5) is 12.7. The molecule has 134 valence electrons. The van der Waals surface area contributed by atoms with E-state index in [4.69, 9.17) is 15.2 Å². The number of nitrogens with one attached hydrogen (secondary N) is 1. The molecule has 0 spiro atoms. The molecule has 2 heterocycles. The Bertz CT molecular complexity index is 875. The van der Waals surface area contributed by atoms with Gasteiger partial charge in [0.1, 0.15) is 12.1 Å². The maximum Gasteiger partial charge on any atom is 0.193 e. The maximum atomic E-state index is 5.96. The number of anilines is 1. The molecule has 0 radical (unpaired) electrons. The van der Waals surface area contributed by atoms with Crippen molar-refractivity contribution in [2.45, 2.75) is 6.54 Å². The second-order valence-corrected chi connectivity index (χ2v) is 5.39. The summed E-state index contributed by atoms with van der Waals surface area (Å²) in [6.07, 6.45) is 7.01. The first-order valence-corrected chi connectivity index (χ1v) is 7.92. The molecule has 3 rings (SSSR count). The van der Waals surface area contributed by atoms with Crippen LogP contribution in [0.2, 0.25) is 0 Å². The van der Waals surface area contributed by atoms with Crippen molar-refractivity contribution in [1.29, 1.82) is 0 Å². The van der Waals surface area contributed by atoms with E-state index in [1.807, 2.05) is 29.0 Å². The van der Waals surface area contributed by atoms with E-state index in [-0.39, 0.29) is 0 Å². The Balaban J connectivity index is 1.63. The number of nitrogens with two attached hydrogens (primary N) is 1. The fraction of sp³-hybridized carbons (Fsp3) is 0.167. The van der Waals surface area contributed by atoms with E-state index < -0.39 is 0 Å². The van der Waals surface area contributed by atoms with Gasteiger partial charge in [0.05, 0.1) is 20.8 Å². The fourth-order valence-electron chi connectivity index (χ4n) is 2.34. The number of methoxy groups -OCH3 is 2. The van der Waals surface area contributed by atoms with E-state index in [1.54, 1.807) is 45.1 Å². The van der Waals surface area contributed by atoms with Crippen LogP contribution in [0.3, 0.4) is 0 Å². The van der Waals surface area contributed by atoms with E-state index >= 15 is 0 Å². The van der Waals surface area contributed by atoms with Crippen LogP contribution in [-0.2, 0) is 6.54 Å². The fourth-order valence-corrected chi connectivity index (χ4v) is 2.34. The van der Waals surface area contributed by atoms with Crippen LogP contribution in [0.25, 0.3) is 5.82 Å². The highest BCUT2D eigenvalue weighted by atomic mass is 16.5. The molecule has 0 aliphatic rings. The van der Waals surface area contributed by atoms with E-state index in [0.717, 1.165) is 17.1 Å². The number of aromatic nitrogens is 3. The third-order valence-corrected chi connectivity index (χ3v) is 3.67.